The van der Waals surface area contributed by atoms with Crippen LogP contribution in [0.1, 0.15) is 28.1 Å². The highest BCUT2D eigenvalue weighted by Gasteiger charge is 2.25. The van der Waals surface area contributed by atoms with Crippen LogP contribution in [0.4, 0.5) is 11.4 Å². The van der Waals surface area contributed by atoms with Crippen molar-refractivity contribution in [3.63, 3.8) is 0 Å². The van der Waals surface area contributed by atoms with Gasteiger partial charge in [-0.2, -0.15) is 0 Å². The Bertz CT molecular complexity index is 1040. The molecule has 0 radical (unpaired) electrons. The molecule has 3 aromatic rings. The molecule has 6 heteroatoms. The summed E-state index contributed by atoms with van der Waals surface area (Å²) in [4.78, 5) is 27.4. The SMILES string of the molecule is Cc1c(C(=O)Nc2ccccc2N2CCC(C(N)=O)CC2)sc2ccccc12. The molecule has 0 atom stereocenters. The number of piperidine rings is 1. The number of amides is 2. The first kappa shape index (κ1) is 18.5. The highest BCUT2D eigenvalue weighted by molar-refractivity contribution is 7.21. The predicted octanol–water partition coefficient (Wildman–Crippen LogP) is 4.16. The van der Waals surface area contributed by atoms with Gasteiger partial charge in [-0.15, -0.1) is 11.3 Å². The maximum Gasteiger partial charge on any atom is 0.266 e. The van der Waals surface area contributed by atoms with Crippen molar-refractivity contribution >= 4 is 44.6 Å². The molecule has 0 saturated carbocycles. The fraction of sp³-hybridized carbons (Fsp3) is 0.273. The highest BCUT2D eigenvalue weighted by Crippen LogP contribution is 2.33. The van der Waals surface area contributed by atoms with Crippen LogP contribution in [0.15, 0.2) is 48.5 Å². The van der Waals surface area contributed by atoms with Crippen LogP contribution in [0, 0.1) is 12.8 Å². The maximum atomic E-state index is 13.0. The molecule has 1 fully saturated rings. The molecule has 1 aliphatic rings. The molecule has 2 amide bonds. The molecular formula is C22H23N3O2S. The second kappa shape index (κ2) is 7.64. The standard InChI is InChI=1S/C22H23N3O2S/c1-14-16-6-2-5-9-19(16)28-20(14)22(27)24-17-7-3-4-8-18(17)25-12-10-15(11-13-25)21(23)26/h2-9,15H,10-13H2,1H3,(H2,23,26)(H,24,27). The Hall–Kier alpha value is -2.86. The minimum absolute atomic E-state index is 0.0563. The smallest absolute Gasteiger partial charge is 0.266 e. The molecule has 144 valence electrons. The summed E-state index contributed by atoms with van der Waals surface area (Å²) in [6, 6.07) is 15.9. The fourth-order valence-corrected chi connectivity index (χ4v) is 4.93. The van der Waals surface area contributed by atoms with Gasteiger partial charge in [-0.25, -0.2) is 0 Å². The lowest BCUT2D eigenvalue weighted by Crippen LogP contribution is -2.38. The molecule has 3 N–H and O–H groups in total. The fourth-order valence-electron chi connectivity index (χ4n) is 3.83. The quantitative estimate of drug-likeness (QED) is 0.699. The summed E-state index contributed by atoms with van der Waals surface area (Å²) in [6.07, 6.45) is 1.49. The number of aryl methyl sites for hydroxylation is 1. The highest BCUT2D eigenvalue weighted by atomic mass is 32.1. The number of nitrogens with one attached hydrogen (secondary N) is 1. The third-order valence-electron chi connectivity index (χ3n) is 5.44. The van der Waals surface area contributed by atoms with E-state index in [-0.39, 0.29) is 17.7 Å². The number of para-hydroxylation sites is 2. The summed E-state index contributed by atoms with van der Waals surface area (Å²) < 4.78 is 1.12. The van der Waals surface area contributed by atoms with E-state index in [2.05, 4.69) is 16.3 Å². The van der Waals surface area contributed by atoms with Crippen LogP contribution in [0.25, 0.3) is 10.1 Å². The lowest BCUT2D eigenvalue weighted by molar-refractivity contribution is -0.122. The molecule has 2 heterocycles. The third kappa shape index (κ3) is 3.47. The number of carbonyl (C=O) groups is 2. The van der Waals surface area contributed by atoms with Crippen molar-refractivity contribution in [1.82, 2.24) is 0 Å². The number of hydrogen-bond donors (Lipinski definition) is 2. The maximum absolute atomic E-state index is 13.0. The summed E-state index contributed by atoms with van der Waals surface area (Å²) in [7, 11) is 0. The minimum Gasteiger partial charge on any atom is -0.370 e. The van der Waals surface area contributed by atoms with E-state index in [0.29, 0.717) is 0 Å². The predicted molar refractivity (Wildman–Crippen MR) is 115 cm³/mol. The molecule has 5 nitrogen and oxygen atoms in total. The Kier molecular flexibility index (Phi) is 5.05. The van der Waals surface area contributed by atoms with Crippen molar-refractivity contribution in [2.24, 2.45) is 11.7 Å². The summed E-state index contributed by atoms with van der Waals surface area (Å²) >= 11 is 1.52. The average molecular weight is 394 g/mol. The van der Waals surface area contributed by atoms with Crippen LogP contribution < -0.4 is 16.0 Å². The van der Waals surface area contributed by atoms with Crippen LogP contribution in [-0.4, -0.2) is 24.9 Å². The van der Waals surface area contributed by atoms with Crippen molar-refractivity contribution in [2.75, 3.05) is 23.3 Å². The number of thiophene rings is 1. The van der Waals surface area contributed by atoms with E-state index >= 15 is 0 Å². The monoisotopic (exact) mass is 393 g/mol. The first-order valence-electron chi connectivity index (χ1n) is 9.47. The van der Waals surface area contributed by atoms with Gasteiger partial charge in [0, 0.05) is 23.7 Å². The number of primary amides is 1. The largest absolute Gasteiger partial charge is 0.370 e. The Balaban J connectivity index is 1.56. The molecule has 1 aliphatic heterocycles. The number of hydrogen-bond acceptors (Lipinski definition) is 4. The van der Waals surface area contributed by atoms with Crippen molar-refractivity contribution in [2.45, 2.75) is 19.8 Å². The normalized spacial score (nSPS) is 15.0. The average Bonchev–Trinajstić information content (AvgIpc) is 3.05. The van der Waals surface area contributed by atoms with E-state index < -0.39 is 0 Å². The molecular weight excluding hydrogens is 370 g/mol. The Morgan fingerprint density at radius 3 is 2.46 bits per heavy atom. The molecule has 1 aromatic heterocycles. The van der Waals surface area contributed by atoms with Crippen LogP contribution in [0.2, 0.25) is 0 Å². The zero-order chi connectivity index (χ0) is 19.7. The van der Waals surface area contributed by atoms with Crippen LogP contribution in [0.3, 0.4) is 0 Å². The number of carbonyl (C=O) groups excluding carboxylic acids is 2. The molecule has 0 unspecified atom stereocenters. The number of benzene rings is 2. The zero-order valence-electron chi connectivity index (χ0n) is 15.8. The topological polar surface area (TPSA) is 75.4 Å². The first-order chi connectivity index (χ1) is 13.5. The number of anilines is 2. The lowest BCUT2D eigenvalue weighted by Gasteiger charge is -2.33. The van der Waals surface area contributed by atoms with Gasteiger partial charge >= 0.3 is 0 Å². The van der Waals surface area contributed by atoms with E-state index in [1.165, 1.54) is 11.3 Å². The van der Waals surface area contributed by atoms with Crippen molar-refractivity contribution < 1.29 is 9.59 Å². The van der Waals surface area contributed by atoms with Crippen LogP contribution in [-0.2, 0) is 4.79 Å². The van der Waals surface area contributed by atoms with Gasteiger partial charge in [0.2, 0.25) is 5.91 Å². The zero-order valence-corrected chi connectivity index (χ0v) is 16.6. The van der Waals surface area contributed by atoms with Crippen LogP contribution in [0.5, 0.6) is 0 Å². The van der Waals surface area contributed by atoms with E-state index in [1.54, 1.807) is 0 Å². The molecule has 0 aliphatic carbocycles. The Morgan fingerprint density at radius 1 is 1.07 bits per heavy atom. The molecule has 1 saturated heterocycles. The summed E-state index contributed by atoms with van der Waals surface area (Å²) in [5.74, 6) is -0.362. The molecule has 0 spiro atoms. The van der Waals surface area contributed by atoms with E-state index in [4.69, 9.17) is 5.73 Å². The number of rotatable bonds is 4. The second-order valence-electron chi connectivity index (χ2n) is 7.19. The van der Waals surface area contributed by atoms with E-state index in [9.17, 15) is 9.59 Å². The van der Waals surface area contributed by atoms with Gasteiger partial charge < -0.3 is 16.0 Å². The number of nitrogens with two attached hydrogens (primary N) is 1. The molecule has 0 bridgehead atoms. The summed E-state index contributed by atoms with van der Waals surface area (Å²) in [5, 5.41) is 4.22. The third-order valence-corrected chi connectivity index (χ3v) is 6.71. The second-order valence-corrected chi connectivity index (χ2v) is 8.24. The number of fused-ring (bicyclic) bond motifs is 1. The van der Waals surface area contributed by atoms with Crippen molar-refractivity contribution in [3.8, 4) is 0 Å². The van der Waals surface area contributed by atoms with Crippen molar-refractivity contribution in [1.29, 1.82) is 0 Å². The molecule has 2 aromatic carbocycles. The molecule has 28 heavy (non-hydrogen) atoms. The van der Waals surface area contributed by atoms with Gasteiger partial charge in [-0.1, -0.05) is 30.3 Å². The summed E-state index contributed by atoms with van der Waals surface area (Å²) in [5.41, 5.74) is 8.23. The lowest BCUT2D eigenvalue weighted by atomic mass is 9.96. The van der Waals surface area contributed by atoms with Gasteiger partial charge in [-0.3, -0.25) is 9.59 Å². The van der Waals surface area contributed by atoms with E-state index in [0.717, 1.165) is 57.8 Å². The van der Waals surface area contributed by atoms with Gasteiger partial charge in [0.25, 0.3) is 5.91 Å². The molecule has 4 rings (SSSR count). The van der Waals surface area contributed by atoms with Gasteiger partial charge in [0.05, 0.1) is 16.3 Å². The first-order valence-corrected chi connectivity index (χ1v) is 10.3. The van der Waals surface area contributed by atoms with Gasteiger partial charge in [0.15, 0.2) is 0 Å². The van der Waals surface area contributed by atoms with Gasteiger partial charge in [0.1, 0.15) is 0 Å². The summed E-state index contributed by atoms with van der Waals surface area (Å²) in [6.45, 7) is 3.50. The minimum atomic E-state index is -0.221. The van der Waals surface area contributed by atoms with Crippen molar-refractivity contribution in [3.05, 3.63) is 59.0 Å². The Labute approximate surface area is 168 Å². The Morgan fingerprint density at radius 2 is 1.75 bits per heavy atom. The van der Waals surface area contributed by atoms with Crippen LogP contribution >= 0.6 is 11.3 Å². The number of nitrogens with zero attached hydrogens (tertiary/aromatic N) is 1. The van der Waals surface area contributed by atoms with Gasteiger partial charge in [-0.05, 0) is 48.9 Å². The van der Waals surface area contributed by atoms with E-state index in [1.807, 2.05) is 49.4 Å².